The van der Waals surface area contributed by atoms with E-state index in [-0.39, 0.29) is 11.7 Å². The predicted octanol–water partition coefficient (Wildman–Crippen LogP) is 1.91. The number of amides is 1. The van der Waals surface area contributed by atoms with Gasteiger partial charge in [0, 0.05) is 13.1 Å². The van der Waals surface area contributed by atoms with Gasteiger partial charge in [-0.05, 0) is 12.8 Å². The van der Waals surface area contributed by atoms with Crippen LogP contribution in [-0.2, 0) is 0 Å². The maximum absolute atomic E-state index is 12.1. The summed E-state index contributed by atoms with van der Waals surface area (Å²) in [5.74, 6) is 0.154. The summed E-state index contributed by atoms with van der Waals surface area (Å²) in [5, 5.41) is 0. The average Bonchev–Trinajstić information content (AvgIpc) is 2.39. The van der Waals surface area contributed by atoms with Crippen LogP contribution in [-0.4, -0.2) is 38.8 Å². The molecule has 94 valence electrons. The maximum Gasteiger partial charge on any atom is 0.291 e. The van der Waals surface area contributed by atoms with E-state index >= 15 is 0 Å². The molecule has 0 fully saturated rings. The van der Waals surface area contributed by atoms with Crippen molar-refractivity contribution in [2.75, 3.05) is 13.1 Å². The molecule has 0 N–H and O–H groups in total. The maximum atomic E-state index is 12.1. The van der Waals surface area contributed by atoms with Crippen LogP contribution in [0.3, 0.4) is 0 Å². The van der Waals surface area contributed by atoms with Crippen LogP contribution in [0.1, 0.15) is 50.1 Å². The molecule has 5 nitrogen and oxygen atoms in total. The highest BCUT2D eigenvalue weighted by atomic mass is 16.2. The van der Waals surface area contributed by atoms with Gasteiger partial charge >= 0.3 is 0 Å². The van der Waals surface area contributed by atoms with Crippen LogP contribution < -0.4 is 0 Å². The van der Waals surface area contributed by atoms with Gasteiger partial charge in [-0.15, -0.1) is 0 Å². The fraction of sp³-hybridized carbons (Fsp3) is 0.667. The number of carbonyl (C=O) groups is 1. The van der Waals surface area contributed by atoms with Crippen molar-refractivity contribution in [3.05, 3.63) is 18.5 Å². The molecule has 0 spiro atoms. The smallest absolute Gasteiger partial charge is 0.291 e. The lowest BCUT2D eigenvalue weighted by Gasteiger charge is -2.21. The molecule has 0 radical (unpaired) electrons. The van der Waals surface area contributed by atoms with E-state index in [4.69, 9.17) is 0 Å². The van der Waals surface area contributed by atoms with Crippen LogP contribution >= 0.6 is 0 Å². The van der Waals surface area contributed by atoms with E-state index in [9.17, 15) is 4.79 Å². The Hall–Kier alpha value is -1.52. The summed E-state index contributed by atoms with van der Waals surface area (Å²) in [5.41, 5.74) is 0. The molecule has 0 saturated heterocycles. The summed E-state index contributed by atoms with van der Waals surface area (Å²) < 4.78 is 0. The first-order valence-electron chi connectivity index (χ1n) is 6.20. The third-order valence-electron chi connectivity index (χ3n) is 2.54. The summed E-state index contributed by atoms with van der Waals surface area (Å²) in [6, 6.07) is 0. The zero-order valence-electron chi connectivity index (χ0n) is 10.6. The summed E-state index contributed by atoms with van der Waals surface area (Å²) in [6.45, 7) is 5.79. The number of unbranched alkanes of at least 4 members (excludes halogenated alkanes) is 2. The lowest BCUT2D eigenvalue weighted by molar-refractivity contribution is 0.0738. The molecule has 0 aliphatic rings. The quantitative estimate of drug-likeness (QED) is 0.725. The molecule has 17 heavy (non-hydrogen) atoms. The SMILES string of the molecule is CCCCN(CCCC)C(=O)c1ncncn1. The molecule has 1 heterocycles. The summed E-state index contributed by atoms with van der Waals surface area (Å²) in [7, 11) is 0. The van der Waals surface area contributed by atoms with Gasteiger partial charge in [0.25, 0.3) is 5.91 Å². The minimum Gasteiger partial charge on any atom is -0.336 e. The lowest BCUT2D eigenvalue weighted by Crippen LogP contribution is -2.34. The van der Waals surface area contributed by atoms with Crippen LogP contribution in [0.5, 0.6) is 0 Å². The van der Waals surface area contributed by atoms with Gasteiger partial charge in [-0.2, -0.15) is 0 Å². The Balaban J connectivity index is 2.64. The second-order valence-corrected chi connectivity index (χ2v) is 3.96. The molecule has 0 aromatic carbocycles. The second kappa shape index (κ2) is 7.70. The molecule has 0 aliphatic heterocycles. The molecule has 5 heteroatoms. The first kappa shape index (κ1) is 13.5. The van der Waals surface area contributed by atoms with E-state index in [1.807, 2.05) is 4.90 Å². The highest BCUT2D eigenvalue weighted by Crippen LogP contribution is 2.03. The highest BCUT2D eigenvalue weighted by Gasteiger charge is 2.16. The predicted molar refractivity (Wildman–Crippen MR) is 65.5 cm³/mol. The van der Waals surface area contributed by atoms with Crippen molar-refractivity contribution in [2.24, 2.45) is 0 Å². The Morgan fingerprint density at radius 3 is 2.12 bits per heavy atom. The summed E-state index contributed by atoms with van der Waals surface area (Å²) >= 11 is 0. The Kier molecular flexibility index (Phi) is 6.14. The standard InChI is InChI=1S/C12H20N4O/c1-3-5-7-16(8-6-4-2)12(17)11-14-9-13-10-15-11/h9-10H,3-8H2,1-2H3. The summed E-state index contributed by atoms with van der Waals surface area (Å²) in [6.07, 6.45) is 6.90. The Morgan fingerprint density at radius 2 is 1.65 bits per heavy atom. The van der Waals surface area contributed by atoms with Gasteiger partial charge in [0.05, 0.1) is 0 Å². The minimum atomic E-state index is -0.0886. The molecule has 1 aromatic heterocycles. The van der Waals surface area contributed by atoms with Gasteiger partial charge in [-0.3, -0.25) is 4.79 Å². The van der Waals surface area contributed by atoms with Gasteiger partial charge in [-0.25, -0.2) is 15.0 Å². The number of rotatable bonds is 7. The van der Waals surface area contributed by atoms with Crippen molar-refractivity contribution in [2.45, 2.75) is 39.5 Å². The number of nitrogens with zero attached hydrogens (tertiary/aromatic N) is 4. The monoisotopic (exact) mass is 236 g/mol. The molecule has 0 atom stereocenters. The number of carbonyl (C=O) groups excluding carboxylic acids is 1. The molecule has 1 amide bonds. The van der Waals surface area contributed by atoms with Crippen molar-refractivity contribution in [1.82, 2.24) is 19.9 Å². The van der Waals surface area contributed by atoms with Gasteiger partial charge in [0.2, 0.25) is 5.82 Å². The van der Waals surface area contributed by atoms with Crippen LogP contribution in [0.4, 0.5) is 0 Å². The second-order valence-electron chi connectivity index (χ2n) is 3.96. The molecule has 0 unspecified atom stereocenters. The largest absolute Gasteiger partial charge is 0.336 e. The third-order valence-corrected chi connectivity index (χ3v) is 2.54. The van der Waals surface area contributed by atoms with E-state index in [1.165, 1.54) is 12.7 Å². The van der Waals surface area contributed by atoms with Crippen molar-refractivity contribution in [3.8, 4) is 0 Å². The van der Waals surface area contributed by atoms with E-state index < -0.39 is 0 Å². The van der Waals surface area contributed by atoms with Crippen molar-refractivity contribution in [3.63, 3.8) is 0 Å². The van der Waals surface area contributed by atoms with Gasteiger partial charge in [0.15, 0.2) is 0 Å². The van der Waals surface area contributed by atoms with E-state index in [1.54, 1.807) is 0 Å². The summed E-state index contributed by atoms with van der Waals surface area (Å²) in [4.78, 5) is 25.5. The molecule has 0 aliphatic carbocycles. The lowest BCUT2D eigenvalue weighted by atomic mass is 10.2. The van der Waals surface area contributed by atoms with Crippen molar-refractivity contribution >= 4 is 5.91 Å². The van der Waals surface area contributed by atoms with Crippen molar-refractivity contribution < 1.29 is 4.79 Å². The molecule has 0 bridgehead atoms. The zero-order chi connectivity index (χ0) is 12.5. The van der Waals surface area contributed by atoms with Crippen LogP contribution in [0.25, 0.3) is 0 Å². The molecular formula is C12H20N4O. The molecule has 1 aromatic rings. The zero-order valence-corrected chi connectivity index (χ0v) is 10.6. The number of hydrogen-bond acceptors (Lipinski definition) is 4. The molecule has 1 rings (SSSR count). The van der Waals surface area contributed by atoms with E-state index in [2.05, 4.69) is 28.8 Å². The van der Waals surface area contributed by atoms with Crippen LogP contribution in [0, 0.1) is 0 Å². The Morgan fingerprint density at radius 1 is 1.12 bits per heavy atom. The minimum absolute atomic E-state index is 0.0886. The average molecular weight is 236 g/mol. The van der Waals surface area contributed by atoms with Gasteiger partial charge < -0.3 is 4.90 Å². The molecule has 0 saturated carbocycles. The van der Waals surface area contributed by atoms with Crippen LogP contribution in [0.15, 0.2) is 12.7 Å². The number of hydrogen-bond donors (Lipinski definition) is 0. The van der Waals surface area contributed by atoms with Gasteiger partial charge in [0.1, 0.15) is 12.7 Å². The van der Waals surface area contributed by atoms with E-state index in [0.29, 0.717) is 0 Å². The normalized spacial score (nSPS) is 10.2. The Labute approximate surface area is 102 Å². The first-order chi connectivity index (χ1) is 8.29. The van der Waals surface area contributed by atoms with Gasteiger partial charge in [-0.1, -0.05) is 26.7 Å². The fourth-order valence-corrected chi connectivity index (χ4v) is 1.50. The molecular weight excluding hydrogens is 216 g/mol. The third kappa shape index (κ3) is 4.46. The van der Waals surface area contributed by atoms with Crippen molar-refractivity contribution in [1.29, 1.82) is 0 Å². The first-order valence-corrected chi connectivity index (χ1v) is 6.20. The van der Waals surface area contributed by atoms with E-state index in [0.717, 1.165) is 38.8 Å². The fourth-order valence-electron chi connectivity index (χ4n) is 1.50. The Bertz CT molecular complexity index is 321. The highest BCUT2D eigenvalue weighted by molar-refractivity contribution is 5.90. The topological polar surface area (TPSA) is 59.0 Å². The number of aromatic nitrogens is 3. The van der Waals surface area contributed by atoms with Crippen LogP contribution in [0.2, 0.25) is 0 Å².